The molecular formula is C17H25ClN2. The fourth-order valence-corrected chi connectivity index (χ4v) is 2.91. The summed E-state index contributed by atoms with van der Waals surface area (Å²) in [5.41, 5.74) is 4.36. The molecule has 0 radical (unpaired) electrons. The second-order valence-electron chi connectivity index (χ2n) is 5.74. The Hall–Kier alpha value is -0.830. The maximum Gasteiger partial charge on any atom is 0.0265 e. The first-order valence-corrected chi connectivity index (χ1v) is 7.93. The van der Waals surface area contributed by atoms with Crippen molar-refractivity contribution in [2.45, 2.75) is 38.8 Å². The van der Waals surface area contributed by atoms with E-state index in [4.69, 9.17) is 11.6 Å². The summed E-state index contributed by atoms with van der Waals surface area (Å²) in [4.78, 5) is 2.58. The topological polar surface area (TPSA) is 15.3 Å². The van der Waals surface area contributed by atoms with E-state index >= 15 is 0 Å². The monoisotopic (exact) mass is 292 g/mol. The van der Waals surface area contributed by atoms with Crippen LogP contribution in [0.3, 0.4) is 0 Å². The summed E-state index contributed by atoms with van der Waals surface area (Å²) >= 11 is 5.85. The molecule has 2 unspecified atom stereocenters. The van der Waals surface area contributed by atoms with Gasteiger partial charge >= 0.3 is 0 Å². The Labute approximate surface area is 127 Å². The molecule has 1 aliphatic heterocycles. The van der Waals surface area contributed by atoms with Gasteiger partial charge in [-0.15, -0.1) is 0 Å². The molecule has 0 bridgehead atoms. The Morgan fingerprint density at radius 2 is 2.15 bits per heavy atom. The minimum atomic E-state index is 0.548. The number of piperazine rings is 1. The molecule has 1 saturated heterocycles. The lowest BCUT2D eigenvalue weighted by Crippen LogP contribution is -2.57. The summed E-state index contributed by atoms with van der Waals surface area (Å²) < 4.78 is 0. The van der Waals surface area contributed by atoms with Crippen molar-refractivity contribution in [1.29, 1.82) is 0 Å². The van der Waals surface area contributed by atoms with E-state index < -0.39 is 0 Å². The van der Waals surface area contributed by atoms with Crippen molar-refractivity contribution in [2.24, 2.45) is 0 Å². The van der Waals surface area contributed by atoms with Crippen molar-refractivity contribution in [3.63, 3.8) is 0 Å². The highest BCUT2D eigenvalue weighted by molar-refractivity contribution is 6.25. The Balaban J connectivity index is 2.04. The van der Waals surface area contributed by atoms with E-state index in [1.165, 1.54) is 17.6 Å². The highest BCUT2D eigenvalue weighted by atomic mass is 35.5. The number of rotatable bonds is 5. The SMILES string of the molecule is CCC1CN(C/C(C)=C/Cl)C(Cc2ccccc2)CN1. The second kappa shape index (κ2) is 7.82. The molecule has 2 rings (SSSR count). The van der Waals surface area contributed by atoms with Gasteiger partial charge in [0.05, 0.1) is 0 Å². The average molecular weight is 293 g/mol. The van der Waals surface area contributed by atoms with Crippen molar-refractivity contribution in [2.75, 3.05) is 19.6 Å². The summed E-state index contributed by atoms with van der Waals surface area (Å²) in [6.07, 6.45) is 2.28. The number of nitrogens with zero attached hydrogens (tertiary/aromatic N) is 1. The summed E-state index contributed by atoms with van der Waals surface area (Å²) in [6.45, 7) is 7.49. The molecule has 2 nitrogen and oxygen atoms in total. The fraction of sp³-hybridized carbons (Fsp3) is 0.529. The van der Waals surface area contributed by atoms with Crippen molar-refractivity contribution in [3.8, 4) is 0 Å². The molecule has 0 amide bonds. The van der Waals surface area contributed by atoms with Crippen LogP contribution in [-0.2, 0) is 6.42 Å². The van der Waals surface area contributed by atoms with Crippen LogP contribution in [0.5, 0.6) is 0 Å². The van der Waals surface area contributed by atoms with Crippen LogP contribution in [-0.4, -0.2) is 36.6 Å². The third-order valence-electron chi connectivity index (χ3n) is 4.06. The molecular weight excluding hydrogens is 268 g/mol. The summed E-state index contributed by atoms with van der Waals surface area (Å²) in [5.74, 6) is 0. The molecule has 110 valence electrons. The van der Waals surface area contributed by atoms with Gasteiger partial charge in [-0.25, -0.2) is 0 Å². The molecule has 20 heavy (non-hydrogen) atoms. The predicted octanol–water partition coefficient (Wildman–Crippen LogP) is 3.42. The number of nitrogens with one attached hydrogen (secondary N) is 1. The highest BCUT2D eigenvalue weighted by Gasteiger charge is 2.26. The van der Waals surface area contributed by atoms with Gasteiger partial charge in [0, 0.05) is 37.3 Å². The Morgan fingerprint density at radius 3 is 2.80 bits per heavy atom. The van der Waals surface area contributed by atoms with Crippen LogP contribution in [0.2, 0.25) is 0 Å². The van der Waals surface area contributed by atoms with Gasteiger partial charge in [-0.3, -0.25) is 4.90 Å². The molecule has 0 aliphatic carbocycles. The third-order valence-corrected chi connectivity index (χ3v) is 4.43. The van der Waals surface area contributed by atoms with E-state index in [1.54, 1.807) is 5.54 Å². The van der Waals surface area contributed by atoms with E-state index in [2.05, 4.69) is 54.4 Å². The van der Waals surface area contributed by atoms with Crippen LogP contribution < -0.4 is 5.32 Å². The number of hydrogen-bond donors (Lipinski definition) is 1. The molecule has 1 fully saturated rings. The van der Waals surface area contributed by atoms with Gasteiger partial charge in [-0.2, -0.15) is 0 Å². The first-order valence-electron chi connectivity index (χ1n) is 7.50. The Morgan fingerprint density at radius 1 is 1.40 bits per heavy atom. The standard InChI is InChI=1S/C17H25ClN2/c1-3-16-13-20(12-14(2)10-18)17(11-19-16)9-15-7-5-4-6-8-15/h4-8,10,16-17,19H,3,9,11-13H2,1-2H3/b14-10+. The van der Waals surface area contributed by atoms with E-state index in [0.717, 1.165) is 26.1 Å². The van der Waals surface area contributed by atoms with E-state index in [-0.39, 0.29) is 0 Å². The Kier molecular flexibility index (Phi) is 6.08. The predicted molar refractivity (Wildman–Crippen MR) is 87.2 cm³/mol. The maximum atomic E-state index is 5.85. The van der Waals surface area contributed by atoms with Crippen molar-refractivity contribution in [3.05, 3.63) is 47.0 Å². The zero-order valence-corrected chi connectivity index (χ0v) is 13.2. The lowest BCUT2D eigenvalue weighted by molar-refractivity contribution is 0.139. The number of hydrogen-bond acceptors (Lipinski definition) is 2. The van der Waals surface area contributed by atoms with Crippen LogP contribution in [0.4, 0.5) is 0 Å². The first-order chi connectivity index (χ1) is 9.72. The largest absolute Gasteiger partial charge is 0.311 e. The van der Waals surface area contributed by atoms with Crippen LogP contribution in [0.1, 0.15) is 25.8 Å². The molecule has 0 saturated carbocycles. The summed E-state index contributed by atoms with van der Waals surface area (Å²) in [6, 6.07) is 11.9. The van der Waals surface area contributed by atoms with Crippen molar-refractivity contribution < 1.29 is 0 Å². The van der Waals surface area contributed by atoms with E-state index in [1.807, 2.05) is 0 Å². The van der Waals surface area contributed by atoms with Crippen LogP contribution >= 0.6 is 11.6 Å². The maximum absolute atomic E-state index is 5.85. The average Bonchev–Trinajstić information content (AvgIpc) is 2.50. The third kappa shape index (κ3) is 4.34. The van der Waals surface area contributed by atoms with Crippen molar-refractivity contribution in [1.82, 2.24) is 10.2 Å². The van der Waals surface area contributed by atoms with Gasteiger partial charge in [0.1, 0.15) is 0 Å². The molecule has 1 N–H and O–H groups in total. The van der Waals surface area contributed by atoms with Gasteiger partial charge in [0.2, 0.25) is 0 Å². The zero-order chi connectivity index (χ0) is 14.4. The quantitative estimate of drug-likeness (QED) is 0.894. The molecule has 0 spiro atoms. The van der Waals surface area contributed by atoms with E-state index in [0.29, 0.717) is 12.1 Å². The van der Waals surface area contributed by atoms with Crippen LogP contribution in [0, 0.1) is 0 Å². The lowest BCUT2D eigenvalue weighted by atomic mass is 9.99. The highest BCUT2D eigenvalue weighted by Crippen LogP contribution is 2.16. The molecule has 1 aromatic rings. The van der Waals surface area contributed by atoms with Crippen LogP contribution in [0.15, 0.2) is 41.4 Å². The second-order valence-corrected chi connectivity index (χ2v) is 5.96. The van der Waals surface area contributed by atoms with Gasteiger partial charge in [0.25, 0.3) is 0 Å². The Bertz CT molecular complexity index is 430. The smallest absolute Gasteiger partial charge is 0.0265 e. The molecule has 2 atom stereocenters. The molecule has 1 heterocycles. The fourth-order valence-electron chi connectivity index (χ4n) is 2.84. The van der Waals surface area contributed by atoms with Crippen molar-refractivity contribution >= 4 is 11.6 Å². The summed E-state index contributed by atoms with van der Waals surface area (Å²) in [5, 5.41) is 3.67. The van der Waals surface area contributed by atoms with Gasteiger partial charge in [0.15, 0.2) is 0 Å². The molecule has 1 aliphatic rings. The zero-order valence-electron chi connectivity index (χ0n) is 12.5. The summed E-state index contributed by atoms with van der Waals surface area (Å²) in [7, 11) is 0. The van der Waals surface area contributed by atoms with Gasteiger partial charge in [-0.05, 0) is 30.9 Å². The molecule has 0 aromatic heterocycles. The van der Waals surface area contributed by atoms with E-state index in [9.17, 15) is 0 Å². The minimum absolute atomic E-state index is 0.548. The lowest BCUT2D eigenvalue weighted by Gasteiger charge is -2.40. The first kappa shape index (κ1) is 15.6. The number of benzene rings is 1. The molecule has 1 aromatic carbocycles. The van der Waals surface area contributed by atoms with Gasteiger partial charge < -0.3 is 5.32 Å². The minimum Gasteiger partial charge on any atom is -0.311 e. The number of halogens is 1. The van der Waals surface area contributed by atoms with Gasteiger partial charge in [-0.1, -0.05) is 48.9 Å². The van der Waals surface area contributed by atoms with Crippen LogP contribution in [0.25, 0.3) is 0 Å². The normalized spacial score (nSPS) is 24.9. The molecule has 3 heteroatoms.